The predicted octanol–water partition coefficient (Wildman–Crippen LogP) is 5.17. The molecule has 1 aliphatic rings. The second-order valence-corrected chi connectivity index (χ2v) is 8.78. The van der Waals surface area contributed by atoms with Crippen LogP contribution in [0.25, 0.3) is 0 Å². The molecule has 0 unspecified atom stereocenters. The molecule has 0 aromatic heterocycles. The van der Waals surface area contributed by atoms with Gasteiger partial charge in [-0.2, -0.15) is 5.01 Å². The second-order valence-electron chi connectivity index (χ2n) is 7.86. The lowest BCUT2D eigenvalue weighted by molar-refractivity contribution is -0.135. The molecule has 1 aliphatic heterocycles. The van der Waals surface area contributed by atoms with E-state index in [9.17, 15) is 14.4 Å². The maximum Gasteiger partial charge on any atom is 0.308 e. The third-order valence-electron chi connectivity index (χ3n) is 5.24. The second kappa shape index (κ2) is 10.1. The standard InChI is InChI=1S/C26H22BrN3O5/c1-15-6-4-5-7-21(15)24(33)28-20-11-8-18(9-12-20)25-29-30(16(2)31)26(35-25)22-14-19(27)10-13-23(22)34-17(3)32/h4-14,26H,1-3H3,(H,28,33)/t26-/m0/s1. The van der Waals surface area contributed by atoms with Crippen molar-refractivity contribution in [2.24, 2.45) is 5.10 Å². The Balaban J connectivity index is 1.56. The molecule has 3 aromatic rings. The van der Waals surface area contributed by atoms with Gasteiger partial charge in [-0.3, -0.25) is 14.4 Å². The summed E-state index contributed by atoms with van der Waals surface area (Å²) >= 11 is 3.40. The number of rotatable bonds is 5. The lowest BCUT2D eigenvalue weighted by Crippen LogP contribution is -2.26. The Morgan fingerprint density at radius 3 is 2.40 bits per heavy atom. The van der Waals surface area contributed by atoms with Crippen molar-refractivity contribution in [1.29, 1.82) is 0 Å². The van der Waals surface area contributed by atoms with E-state index in [0.29, 0.717) is 22.4 Å². The first-order chi connectivity index (χ1) is 16.7. The first-order valence-electron chi connectivity index (χ1n) is 10.7. The van der Waals surface area contributed by atoms with Crippen LogP contribution in [0.3, 0.4) is 0 Å². The summed E-state index contributed by atoms with van der Waals surface area (Å²) in [4.78, 5) is 36.5. The van der Waals surface area contributed by atoms with Gasteiger partial charge >= 0.3 is 5.97 Å². The van der Waals surface area contributed by atoms with E-state index in [0.717, 1.165) is 10.0 Å². The van der Waals surface area contributed by atoms with Gasteiger partial charge in [0.15, 0.2) is 0 Å². The fraction of sp³-hybridized carbons (Fsp3) is 0.154. The molecule has 0 saturated carbocycles. The number of hydrazone groups is 1. The molecule has 4 rings (SSSR count). The summed E-state index contributed by atoms with van der Waals surface area (Å²) in [7, 11) is 0. The minimum atomic E-state index is -0.921. The van der Waals surface area contributed by atoms with E-state index in [4.69, 9.17) is 9.47 Å². The van der Waals surface area contributed by atoms with E-state index in [1.165, 1.54) is 18.9 Å². The monoisotopic (exact) mass is 535 g/mol. The van der Waals surface area contributed by atoms with Crippen LogP contribution in [0.2, 0.25) is 0 Å². The molecular formula is C26H22BrN3O5. The van der Waals surface area contributed by atoms with E-state index in [2.05, 4.69) is 26.3 Å². The quantitative estimate of drug-likeness (QED) is 0.358. The topological polar surface area (TPSA) is 97.3 Å². The summed E-state index contributed by atoms with van der Waals surface area (Å²) in [5, 5.41) is 8.42. The number of hydrogen-bond donors (Lipinski definition) is 1. The van der Waals surface area contributed by atoms with Crippen LogP contribution in [-0.4, -0.2) is 28.7 Å². The summed E-state index contributed by atoms with van der Waals surface area (Å²) < 4.78 is 12.1. The number of ether oxygens (including phenoxy) is 2. The van der Waals surface area contributed by atoms with Crippen molar-refractivity contribution in [3.63, 3.8) is 0 Å². The molecule has 1 N–H and O–H groups in total. The SMILES string of the molecule is CC(=O)Oc1ccc(Br)cc1[C@@H]1OC(c2ccc(NC(=O)c3ccccc3C)cc2)=NN1C(C)=O. The van der Waals surface area contributed by atoms with E-state index < -0.39 is 12.2 Å². The Morgan fingerprint density at radius 2 is 1.74 bits per heavy atom. The fourth-order valence-electron chi connectivity index (χ4n) is 3.57. The molecule has 0 spiro atoms. The number of anilines is 1. The van der Waals surface area contributed by atoms with Crippen molar-refractivity contribution in [3.8, 4) is 5.75 Å². The van der Waals surface area contributed by atoms with Gasteiger partial charge in [-0.1, -0.05) is 34.1 Å². The Hall–Kier alpha value is -3.98. The number of esters is 1. The fourth-order valence-corrected chi connectivity index (χ4v) is 3.95. The molecule has 9 heteroatoms. The van der Waals surface area contributed by atoms with Gasteiger partial charge in [0.1, 0.15) is 5.75 Å². The molecule has 0 saturated heterocycles. The normalized spacial score (nSPS) is 14.7. The molecule has 0 fully saturated rings. The van der Waals surface area contributed by atoms with E-state index >= 15 is 0 Å². The smallest absolute Gasteiger partial charge is 0.308 e. The zero-order chi connectivity index (χ0) is 25.1. The largest absolute Gasteiger partial charge is 0.446 e. The number of carbonyl (C=O) groups is 3. The molecule has 0 aliphatic carbocycles. The van der Waals surface area contributed by atoms with E-state index in [1.54, 1.807) is 48.5 Å². The zero-order valence-corrected chi connectivity index (χ0v) is 20.8. The van der Waals surface area contributed by atoms with Gasteiger partial charge in [0.2, 0.25) is 18.0 Å². The third kappa shape index (κ3) is 5.41. The highest BCUT2D eigenvalue weighted by Gasteiger charge is 2.35. The van der Waals surface area contributed by atoms with Crippen LogP contribution in [0, 0.1) is 6.92 Å². The van der Waals surface area contributed by atoms with Crippen molar-refractivity contribution in [3.05, 3.63) is 93.5 Å². The highest BCUT2D eigenvalue weighted by Crippen LogP contribution is 2.37. The van der Waals surface area contributed by atoms with Gasteiger partial charge in [-0.25, -0.2) is 0 Å². The van der Waals surface area contributed by atoms with Crippen molar-refractivity contribution < 1.29 is 23.9 Å². The van der Waals surface area contributed by atoms with Crippen molar-refractivity contribution in [2.75, 3.05) is 5.32 Å². The van der Waals surface area contributed by atoms with Crippen LogP contribution in [-0.2, 0) is 14.3 Å². The molecule has 2 amide bonds. The lowest BCUT2D eigenvalue weighted by Gasteiger charge is -2.21. The van der Waals surface area contributed by atoms with Crippen molar-refractivity contribution in [1.82, 2.24) is 5.01 Å². The molecular weight excluding hydrogens is 514 g/mol. The molecule has 178 valence electrons. The molecule has 0 radical (unpaired) electrons. The van der Waals surface area contributed by atoms with Crippen LogP contribution in [0.4, 0.5) is 5.69 Å². The summed E-state index contributed by atoms with van der Waals surface area (Å²) in [6.45, 7) is 4.55. The van der Waals surface area contributed by atoms with Gasteiger partial charge in [-0.05, 0) is 61.0 Å². The highest BCUT2D eigenvalue weighted by atomic mass is 79.9. The van der Waals surface area contributed by atoms with Crippen LogP contribution < -0.4 is 10.1 Å². The minimum absolute atomic E-state index is 0.208. The van der Waals surface area contributed by atoms with Gasteiger partial charge in [0, 0.05) is 35.1 Å². The number of halogens is 1. The number of amides is 2. The number of hydrogen-bond acceptors (Lipinski definition) is 6. The average Bonchev–Trinajstić information content (AvgIpc) is 3.26. The van der Waals surface area contributed by atoms with Crippen molar-refractivity contribution >= 4 is 45.3 Å². The average molecular weight is 536 g/mol. The molecule has 3 aromatic carbocycles. The number of nitrogens with one attached hydrogen (secondary N) is 1. The van der Waals surface area contributed by atoms with E-state index in [1.807, 2.05) is 25.1 Å². The first kappa shape index (κ1) is 24.2. The molecule has 1 atom stereocenters. The minimum Gasteiger partial charge on any atom is -0.446 e. The number of benzene rings is 3. The molecule has 8 nitrogen and oxygen atoms in total. The van der Waals surface area contributed by atoms with Gasteiger partial charge < -0.3 is 14.8 Å². The molecule has 0 bridgehead atoms. The number of carbonyl (C=O) groups excluding carboxylic acids is 3. The van der Waals surface area contributed by atoms with Gasteiger partial charge in [0.05, 0.1) is 5.56 Å². The van der Waals surface area contributed by atoms with Gasteiger partial charge in [-0.15, -0.1) is 5.10 Å². The predicted molar refractivity (Wildman–Crippen MR) is 134 cm³/mol. The van der Waals surface area contributed by atoms with Crippen molar-refractivity contribution in [2.45, 2.75) is 27.0 Å². The maximum atomic E-state index is 12.6. The highest BCUT2D eigenvalue weighted by molar-refractivity contribution is 9.10. The summed E-state index contributed by atoms with van der Waals surface area (Å²) in [6.07, 6.45) is -0.921. The number of aryl methyl sites for hydroxylation is 1. The maximum absolute atomic E-state index is 12.6. The summed E-state index contributed by atoms with van der Waals surface area (Å²) in [6, 6.07) is 19.3. The van der Waals surface area contributed by atoms with Crippen LogP contribution in [0.15, 0.2) is 76.3 Å². The van der Waals surface area contributed by atoms with Crippen LogP contribution in [0.1, 0.15) is 47.1 Å². The van der Waals surface area contributed by atoms with E-state index in [-0.39, 0.29) is 23.5 Å². The summed E-state index contributed by atoms with van der Waals surface area (Å²) in [5.41, 5.74) is 3.15. The van der Waals surface area contributed by atoms with Crippen LogP contribution >= 0.6 is 15.9 Å². The van der Waals surface area contributed by atoms with Gasteiger partial charge in [0.25, 0.3) is 5.91 Å². The number of nitrogens with zero attached hydrogens (tertiary/aromatic N) is 2. The summed E-state index contributed by atoms with van der Waals surface area (Å²) in [5.74, 6) is -0.564. The van der Waals surface area contributed by atoms with Crippen LogP contribution in [0.5, 0.6) is 5.75 Å². The Bertz CT molecular complexity index is 1340. The Morgan fingerprint density at radius 1 is 1.03 bits per heavy atom. The Labute approximate surface area is 210 Å². The first-order valence-corrected chi connectivity index (χ1v) is 11.5. The third-order valence-corrected chi connectivity index (χ3v) is 5.73. The zero-order valence-electron chi connectivity index (χ0n) is 19.2. The molecule has 1 heterocycles. The molecule has 35 heavy (non-hydrogen) atoms. The Kier molecular flexibility index (Phi) is 6.97. The lowest BCUT2D eigenvalue weighted by atomic mass is 10.1.